The van der Waals surface area contributed by atoms with E-state index < -0.39 is 0 Å². The number of methoxy groups -OCH3 is 1. The molecule has 5 nitrogen and oxygen atoms in total. The first-order chi connectivity index (χ1) is 8.19. The number of halogens is 1. The zero-order valence-corrected chi connectivity index (χ0v) is 9.14. The number of nitrogens with two attached hydrogens (primary N) is 1. The molecule has 3 N–H and O–H groups in total. The Morgan fingerprint density at radius 3 is 2.76 bits per heavy atom. The fourth-order valence-electron chi connectivity index (χ4n) is 1.31. The molecule has 0 aliphatic heterocycles. The highest BCUT2D eigenvalue weighted by Gasteiger charge is 2.05. The molecule has 1 aromatic heterocycles. The van der Waals surface area contributed by atoms with E-state index in [-0.39, 0.29) is 5.82 Å². The van der Waals surface area contributed by atoms with Crippen LogP contribution in [0.15, 0.2) is 30.6 Å². The van der Waals surface area contributed by atoms with Crippen LogP contribution in [-0.4, -0.2) is 17.1 Å². The number of nitrogen functional groups attached to an aromatic ring is 1. The molecule has 0 atom stereocenters. The monoisotopic (exact) mass is 234 g/mol. The van der Waals surface area contributed by atoms with Gasteiger partial charge in [0.15, 0.2) is 0 Å². The second-order valence-electron chi connectivity index (χ2n) is 3.30. The SMILES string of the molecule is COc1cc(F)ccc1Nc1cnc(N)cn1. The van der Waals surface area contributed by atoms with Gasteiger partial charge in [0.1, 0.15) is 23.2 Å². The summed E-state index contributed by atoms with van der Waals surface area (Å²) in [5, 5.41) is 2.96. The van der Waals surface area contributed by atoms with Crippen molar-refractivity contribution < 1.29 is 9.13 Å². The lowest BCUT2D eigenvalue weighted by molar-refractivity contribution is 0.413. The highest BCUT2D eigenvalue weighted by molar-refractivity contribution is 5.63. The molecule has 6 heteroatoms. The third kappa shape index (κ3) is 2.60. The quantitative estimate of drug-likeness (QED) is 0.849. The van der Waals surface area contributed by atoms with E-state index in [4.69, 9.17) is 10.5 Å². The molecule has 0 amide bonds. The van der Waals surface area contributed by atoms with Gasteiger partial charge < -0.3 is 15.8 Å². The Bertz CT molecular complexity index is 515. The van der Waals surface area contributed by atoms with Crippen molar-refractivity contribution in [3.8, 4) is 5.75 Å². The van der Waals surface area contributed by atoms with Crippen LogP contribution < -0.4 is 15.8 Å². The molecule has 17 heavy (non-hydrogen) atoms. The maximum Gasteiger partial charge on any atom is 0.149 e. The number of benzene rings is 1. The average molecular weight is 234 g/mol. The molecule has 0 radical (unpaired) electrons. The second-order valence-corrected chi connectivity index (χ2v) is 3.30. The predicted molar refractivity (Wildman–Crippen MR) is 62.7 cm³/mol. The first-order valence-electron chi connectivity index (χ1n) is 4.87. The van der Waals surface area contributed by atoms with E-state index in [1.165, 1.54) is 31.6 Å². The molecule has 0 aliphatic rings. The van der Waals surface area contributed by atoms with Gasteiger partial charge in [-0.1, -0.05) is 0 Å². The van der Waals surface area contributed by atoms with Crippen molar-refractivity contribution in [2.45, 2.75) is 0 Å². The summed E-state index contributed by atoms with van der Waals surface area (Å²) in [6.07, 6.45) is 2.91. The van der Waals surface area contributed by atoms with Crippen molar-refractivity contribution in [1.29, 1.82) is 0 Å². The topological polar surface area (TPSA) is 73.1 Å². The van der Waals surface area contributed by atoms with Crippen LogP contribution in [0.3, 0.4) is 0 Å². The summed E-state index contributed by atoms with van der Waals surface area (Å²) >= 11 is 0. The molecule has 2 aromatic rings. The molecule has 0 bridgehead atoms. The van der Waals surface area contributed by atoms with E-state index in [0.717, 1.165) is 0 Å². The van der Waals surface area contributed by atoms with Gasteiger partial charge >= 0.3 is 0 Å². The lowest BCUT2D eigenvalue weighted by Crippen LogP contribution is -1.99. The predicted octanol–water partition coefficient (Wildman–Crippen LogP) is 1.95. The summed E-state index contributed by atoms with van der Waals surface area (Å²) in [5.41, 5.74) is 6.02. The molecule has 0 saturated carbocycles. The molecule has 1 aromatic carbocycles. The number of rotatable bonds is 3. The molecule has 0 saturated heterocycles. The standard InChI is InChI=1S/C11H11FN4O/c1-17-9-4-7(12)2-3-8(9)16-11-6-14-10(13)5-15-11/h2-6H,1H3,(H2,13,14)(H,15,16). The Morgan fingerprint density at radius 1 is 1.29 bits per heavy atom. The van der Waals surface area contributed by atoms with Gasteiger partial charge in [-0.25, -0.2) is 14.4 Å². The van der Waals surface area contributed by atoms with E-state index in [0.29, 0.717) is 23.1 Å². The highest BCUT2D eigenvalue weighted by atomic mass is 19.1. The molecule has 1 heterocycles. The Morgan fingerprint density at radius 2 is 2.12 bits per heavy atom. The minimum Gasteiger partial charge on any atom is -0.494 e. The number of hydrogen-bond donors (Lipinski definition) is 2. The minimum atomic E-state index is -0.365. The summed E-state index contributed by atoms with van der Waals surface area (Å²) < 4.78 is 18.0. The zero-order chi connectivity index (χ0) is 12.3. The van der Waals surface area contributed by atoms with Crippen LogP contribution in [0.4, 0.5) is 21.7 Å². The lowest BCUT2D eigenvalue weighted by Gasteiger charge is -2.10. The van der Waals surface area contributed by atoms with Crippen LogP contribution in [0.5, 0.6) is 5.75 Å². The van der Waals surface area contributed by atoms with Gasteiger partial charge in [0.05, 0.1) is 25.2 Å². The van der Waals surface area contributed by atoms with Crippen molar-refractivity contribution >= 4 is 17.3 Å². The van der Waals surface area contributed by atoms with E-state index in [9.17, 15) is 4.39 Å². The largest absolute Gasteiger partial charge is 0.494 e. The van der Waals surface area contributed by atoms with E-state index in [1.54, 1.807) is 6.07 Å². The Balaban J connectivity index is 2.26. The Labute approximate surface area is 97.5 Å². The first kappa shape index (κ1) is 11.1. The summed E-state index contributed by atoms with van der Waals surface area (Å²) in [6, 6.07) is 4.18. The maximum absolute atomic E-state index is 13.0. The van der Waals surface area contributed by atoms with E-state index >= 15 is 0 Å². The van der Waals surface area contributed by atoms with Crippen molar-refractivity contribution in [2.75, 3.05) is 18.2 Å². The van der Waals surface area contributed by atoms with Crippen LogP contribution >= 0.6 is 0 Å². The molecular formula is C11H11FN4O. The molecule has 88 valence electrons. The number of nitrogens with zero attached hydrogens (tertiary/aromatic N) is 2. The fraction of sp³-hybridized carbons (Fsp3) is 0.0909. The molecule has 0 aliphatic carbocycles. The van der Waals surface area contributed by atoms with Crippen LogP contribution in [0.2, 0.25) is 0 Å². The summed E-state index contributed by atoms with van der Waals surface area (Å²) in [5.74, 6) is 0.866. The van der Waals surface area contributed by atoms with Crippen LogP contribution in [0, 0.1) is 5.82 Å². The number of anilines is 3. The smallest absolute Gasteiger partial charge is 0.149 e. The maximum atomic E-state index is 13.0. The normalized spacial score (nSPS) is 10.0. The van der Waals surface area contributed by atoms with Crippen LogP contribution in [0.1, 0.15) is 0 Å². The summed E-state index contributed by atoms with van der Waals surface area (Å²) in [7, 11) is 1.47. The van der Waals surface area contributed by atoms with Gasteiger partial charge in [-0.05, 0) is 12.1 Å². The molecule has 2 rings (SSSR count). The molecule has 0 spiro atoms. The van der Waals surface area contributed by atoms with Crippen molar-refractivity contribution in [3.05, 3.63) is 36.4 Å². The lowest BCUT2D eigenvalue weighted by atomic mass is 10.3. The molecule has 0 unspecified atom stereocenters. The molecule has 0 fully saturated rings. The van der Waals surface area contributed by atoms with Crippen LogP contribution in [-0.2, 0) is 0 Å². The molecular weight excluding hydrogens is 223 g/mol. The van der Waals surface area contributed by atoms with Crippen molar-refractivity contribution in [3.63, 3.8) is 0 Å². The van der Waals surface area contributed by atoms with Gasteiger partial charge in [0.2, 0.25) is 0 Å². The summed E-state index contributed by atoms with van der Waals surface area (Å²) in [6.45, 7) is 0. The summed E-state index contributed by atoms with van der Waals surface area (Å²) in [4.78, 5) is 7.91. The number of hydrogen-bond acceptors (Lipinski definition) is 5. The second kappa shape index (κ2) is 4.65. The van der Waals surface area contributed by atoms with Crippen LogP contribution in [0.25, 0.3) is 0 Å². The minimum absolute atomic E-state index is 0.335. The van der Waals surface area contributed by atoms with Crippen molar-refractivity contribution in [1.82, 2.24) is 9.97 Å². The number of aromatic nitrogens is 2. The highest BCUT2D eigenvalue weighted by Crippen LogP contribution is 2.27. The number of ether oxygens (including phenoxy) is 1. The third-order valence-corrected chi connectivity index (χ3v) is 2.10. The van der Waals surface area contributed by atoms with Gasteiger partial charge in [-0.3, -0.25) is 0 Å². The average Bonchev–Trinajstić information content (AvgIpc) is 2.34. The van der Waals surface area contributed by atoms with Gasteiger partial charge in [-0.15, -0.1) is 0 Å². The number of nitrogens with one attached hydrogen (secondary N) is 1. The third-order valence-electron chi connectivity index (χ3n) is 2.10. The van der Waals surface area contributed by atoms with Crippen molar-refractivity contribution in [2.24, 2.45) is 0 Å². The van der Waals surface area contributed by atoms with Gasteiger partial charge in [0, 0.05) is 6.07 Å². The Hall–Kier alpha value is -2.37. The van der Waals surface area contributed by atoms with Gasteiger partial charge in [-0.2, -0.15) is 0 Å². The fourth-order valence-corrected chi connectivity index (χ4v) is 1.31. The Kier molecular flexibility index (Phi) is 3.04. The zero-order valence-electron chi connectivity index (χ0n) is 9.14. The van der Waals surface area contributed by atoms with E-state index in [2.05, 4.69) is 15.3 Å². The first-order valence-corrected chi connectivity index (χ1v) is 4.87. The van der Waals surface area contributed by atoms with E-state index in [1.807, 2.05) is 0 Å². The van der Waals surface area contributed by atoms with Gasteiger partial charge in [0.25, 0.3) is 0 Å².